The largest absolute Gasteiger partial charge is 0.310 e. The molecule has 12 aromatic rings. The maximum absolute atomic E-state index is 2.52. The van der Waals surface area contributed by atoms with E-state index >= 15 is 0 Å². The molecule has 0 aliphatic heterocycles. The minimum absolute atomic E-state index is 0.576. The normalized spacial score (nSPS) is 15.1. The standard InChI is InChI=1S/C84H76N4/c1-58-19-35-69(36-20-58)85(70-37-21-59(2)22-38-70)77-51-67(52-78(55-77)86(71-39-23-60(3)24-40-71)72-41-25-61(4)26-42-72)83(9)57-84(66-15-11-10-12-16-66,82-18-14-13-17-81(82)83)68-53-79(87(73-43-27-62(5)28-44-73)74-45-29-63(6)30-46-74)56-80(54-68)88(75-47-31-64(7)32-48-75)76-49-33-65(8)34-50-76/h10-56H,57H2,1-9H3. The third kappa shape index (κ3) is 11.0. The lowest BCUT2D eigenvalue weighted by atomic mass is 9.67. The summed E-state index contributed by atoms with van der Waals surface area (Å²) in [4.78, 5) is 9.82. The van der Waals surface area contributed by atoms with Gasteiger partial charge in [-0.2, -0.15) is 0 Å². The van der Waals surface area contributed by atoms with Gasteiger partial charge in [0, 0.05) is 79.1 Å². The Bertz CT molecular complexity index is 3990. The molecule has 0 saturated heterocycles. The Kier molecular flexibility index (Phi) is 15.3. The van der Waals surface area contributed by atoms with Gasteiger partial charge in [-0.1, -0.05) is 203 Å². The van der Waals surface area contributed by atoms with Gasteiger partial charge in [-0.05, 0) is 223 Å². The molecule has 0 heterocycles. The highest BCUT2D eigenvalue weighted by Gasteiger charge is 2.53. The van der Waals surface area contributed by atoms with Crippen LogP contribution in [0, 0.1) is 55.4 Å². The Morgan fingerprint density at radius 3 is 0.705 bits per heavy atom. The zero-order valence-electron chi connectivity index (χ0n) is 52.1. The molecular weight excluding hydrogens is 1060 g/mol. The fourth-order valence-electron chi connectivity index (χ4n) is 13.3. The van der Waals surface area contributed by atoms with E-state index in [2.05, 4.69) is 367 Å². The molecule has 4 heteroatoms. The first kappa shape index (κ1) is 56.9. The lowest BCUT2D eigenvalue weighted by Gasteiger charge is -2.38. The van der Waals surface area contributed by atoms with Gasteiger partial charge in [-0.25, -0.2) is 0 Å². The van der Waals surface area contributed by atoms with E-state index < -0.39 is 10.8 Å². The fourth-order valence-corrected chi connectivity index (χ4v) is 13.3. The summed E-state index contributed by atoms with van der Waals surface area (Å²) < 4.78 is 0. The summed E-state index contributed by atoms with van der Waals surface area (Å²) in [7, 11) is 0. The van der Waals surface area contributed by atoms with Crippen molar-refractivity contribution in [3.05, 3.63) is 357 Å². The zero-order chi connectivity index (χ0) is 60.7. The monoisotopic (exact) mass is 1140 g/mol. The molecule has 1 aliphatic rings. The number of benzene rings is 12. The third-order valence-electron chi connectivity index (χ3n) is 18.2. The van der Waals surface area contributed by atoms with E-state index in [1.807, 2.05) is 0 Å². The van der Waals surface area contributed by atoms with Crippen LogP contribution in [0.3, 0.4) is 0 Å². The van der Waals surface area contributed by atoms with Crippen molar-refractivity contribution in [1.29, 1.82) is 0 Å². The van der Waals surface area contributed by atoms with Crippen LogP contribution in [0.4, 0.5) is 68.2 Å². The van der Waals surface area contributed by atoms with E-state index in [1.165, 1.54) is 72.3 Å². The minimum atomic E-state index is -0.687. The Hall–Kier alpha value is -10.2. The smallest absolute Gasteiger partial charge is 0.0485 e. The van der Waals surface area contributed by atoms with Crippen LogP contribution in [0.1, 0.15) is 85.7 Å². The summed E-state index contributed by atoms with van der Waals surface area (Å²) >= 11 is 0. The van der Waals surface area contributed by atoms with Crippen LogP contribution in [-0.2, 0) is 10.8 Å². The first-order valence-corrected chi connectivity index (χ1v) is 30.9. The van der Waals surface area contributed by atoms with Crippen molar-refractivity contribution in [2.45, 2.75) is 79.6 Å². The first-order chi connectivity index (χ1) is 42.7. The van der Waals surface area contributed by atoms with Crippen LogP contribution in [0.2, 0.25) is 0 Å². The molecular formula is C84H76N4. The Morgan fingerprint density at radius 2 is 0.443 bits per heavy atom. The van der Waals surface area contributed by atoms with Crippen LogP contribution in [0.25, 0.3) is 0 Å². The number of nitrogens with zero attached hydrogens (tertiary/aromatic N) is 4. The highest BCUT2D eigenvalue weighted by Crippen LogP contribution is 2.61. The van der Waals surface area contributed by atoms with E-state index in [9.17, 15) is 0 Å². The summed E-state index contributed by atoms with van der Waals surface area (Å²) in [6.45, 7) is 19.9. The van der Waals surface area contributed by atoms with E-state index in [0.717, 1.165) is 74.7 Å². The van der Waals surface area contributed by atoms with Crippen LogP contribution in [-0.4, -0.2) is 0 Å². The topological polar surface area (TPSA) is 13.0 Å². The highest BCUT2D eigenvalue weighted by molar-refractivity contribution is 5.87. The maximum Gasteiger partial charge on any atom is 0.0485 e. The second-order valence-electron chi connectivity index (χ2n) is 24.8. The van der Waals surface area contributed by atoms with Gasteiger partial charge in [-0.15, -0.1) is 0 Å². The van der Waals surface area contributed by atoms with E-state index in [1.54, 1.807) is 0 Å². The maximum atomic E-state index is 2.52. The summed E-state index contributed by atoms with van der Waals surface area (Å²) in [6.07, 6.45) is 0.726. The highest BCUT2D eigenvalue weighted by atomic mass is 15.2. The van der Waals surface area contributed by atoms with E-state index in [-0.39, 0.29) is 0 Å². The average Bonchev–Trinajstić information content (AvgIpc) is 1.61. The Balaban J connectivity index is 1.12. The fraction of sp³-hybridized carbons (Fsp3) is 0.143. The number of hydrogen-bond donors (Lipinski definition) is 0. The van der Waals surface area contributed by atoms with Gasteiger partial charge in [-0.3, -0.25) is 0 Å². The molecule has 2 unspecified atom stereocenters. The quantitative estimate of drug-likeness (QED) is 0.101. The molecule has 0 aromatic heterocycles. The Labute approximate surface area is 521 Å². The Morgan fingerprint density at radius 1 is 0.216 bits per heavy atom. The van der Waals surface area contributed by atoms with Gasteiger partial charge in [0.1, 0.15) is 0 Å². The molecule has 12 aromatic carbocycles. The molecule has 13 rings (SSSR count). The van der Waals surface area contributed by atoms with Crippen LogP contribution in [0.5, 0.6) is 0 Å². The SMILES string of the molecule is Cc1ccc(N(c2ccc(C)cc2)c2cc(N(c3ccc(C)cc3)c3ccc(C)cc3)cc(C3(C)CC(c4ccccc4)(c4cc(N(c5ccc(C)cc5)c5ccc(C)cc5)cc(N(c5ccc(C)cc5)c5ccc(C)cc5)c4)c4ccccc43)c2)cc1. The average molecular weight is 1140 g/mol. The van der Waals surface area contributed by atoms with Crippen molar-refractivity contribution < 1.29 is 0 Å². The molecule has 4 nitrogen and oxygen atoms in total. The molecule has 0 amide bonds. The van der Waals surface area contributed by atoms with Gasteiger partial charge in [0.2, 0.25) is 0 Å². The lowest BCUT2D eigenvalue weighted by Crippen LogP contribution is -2.31. The summed E-state index contributed by atoms with van der Waals surface area (Å²) in [5, 5.41) is 0. The van der Waals surface area contributed by atoms with Crippen molar-refractivity contribution in [3.8, 4) is 0 Å². The van der Waals surface area contributed by atoms with Crippen molar-refractivity contribution >= 4 is 68.2 Å². The number of anilines is 12. The van der Waals surface area contributed by atoms with E-state index in [0.29, 0.717) is 0 Å². The van der Waals surface area contributed by atoms with Gasteiger partial charge in [0.05, 0.1) is 0 Å². The zero-order valence-corrected chi connectivity index (χ0v) is 52.1. The van der Waals surface area contributed by atoms with Crippen molar-refractivity contribution in [3.63, 3.8) is 0 Å². The summed E-state index contributed by atoms with van der Waals surface area (Å²) in [5.41, 5.74) is 27.7. The predicted molar refractivity (Wildman–Crippen MR) is 373 cm³/mol. The molecule has 432 valence electrons. The first-order valence-electron chi connectivity index (χ1n) is 30.9. The molecule has 2 atom stereocenters. The number of hydrogen-bond acceptors (Lipinski definition) is 4. The van der Waals surface area contributed by atoms with E-state index in [4.69, 9.17) is 0 Å². The summed E-state index contributed by atoms with van der Waals surface area (Å²) in [6, 6.07) is 108. The minimum Gasteiger partial charge on any atom is -0.310 e. The second-order valence-corrected chi connectivity index (χ2v) is 24.8. The van der Waals surface area contributed by atoms with Crippen LogP contribution >= 0.6 is 0 Å². The molecule has 0 N–H and O–H groups in total. The van der Waals surface area contributed by atoms with Crippen molar-refractivity contribution in [1.82, 2.24) is 0 Å². The third-order valence-corrected chi connectivity index (χ3v) is 18.2. The van der Waals surface area contributed by atoms with Crippen LogP contribution in [0.15, 0.2) is 285 Å². The second kappa shape index (κ2) is 23.6. The molecule has 0 saturated carbocycles. The van der Waals surface area contributed by atoms with Crippen molar-refractivity contribution in [2.75, 3.05) is 19.6 Å². The van der Waals surface area contributed by atoms with Crippen molar-refractivity contribution in [2.24, 2.45) is 0 Å². The lowest BCUT2D eigenvalue weighted by molar-refractivity contribution is 0.473. The molecule has 88 heavy (non-hydrogen) atoms. The number of rotatable bonds is 15. The van der Waals surface area contributed by atoms with Gasteiger partial charge >= 0.3 is 0 Å². The summed E-state index contributed by atoms with van der Waals surface area (Å²) in [5.74, 6) is 0. The van der Waals surface area contributed by atoms with Gasteiger partial charge in [0.25, 0.3) is 0 Å². The number of aryl methyl sites for hydroxylation is 8. The molecule has 0 spiro atoms. The molecule has 0 bridgehead atoms. The molecule has 0 radical (unpaired) electrons. The number of fused-ring (bicyclic) bond motifs is 1. The van der Waals surface area contributed by atoms with Crippen LogP contribution < -0.4 is 19.6 Å². The predicted octanol–water partition coefficient (Wildman–Crippen LogP) is 23.1. The molecule has 0 fully saturated rings. The van der Waals surface area contributed by atoms with Gasteiger partial charge in [0.15, 0.2) is 0 Å². The van der Waals surface area contributed by atoms with Gasteiger partial charge < -0.3 is 19.6 Å². The molecule has 1 aliphatic carbocycles.